The van der Waals surface area contributed by atoms with Crippen LogP contribution in [0.25, 0.3) is 0 Å². The van der Waals surface area contributed by atoms with Gasteiger partial charge in [0.1, 0.15) is 18.1 Å². The Bertz CT molecular complexity index is 786. The number of rotatable bonds is 6. The molecule has 118 valence electrons. The molecule has 1 aromatic carbocycles. The number of thioether (sulfide) groups is 1. The number of tetrazole rings is 1. The van der Waals surface area contributed by atoms with E-state index in [1.54, 1.807) is 23.9 Å². The highest BCUT2D eigenvalue weighted by Crippen LogP contribution is 2.24. The molecule has 2 aromatic heterocycles. The minimum Gasteiger partial charge on any atom is -0.467 e. The number of carbonyl (C=O) groups excluding carboxylic acids is 1. The van der Waals surface area contributed by atoms with E-state index in [0.29, 0.717) is 17.3 Å². The summed E-state index contributed by atoms with van der Waals surface area (Å²) in [6.07, 6.45) is 1.58. The second-order valence-electron chi connectivity index (χ2n) is 4.83. The summed E-state index contributed by atoms with van der Waals surface area (Å²) in [5.41, 5.74) is 0.455. The lowest BCUT2D eigenvalue weighted by Crippen LogP contribution is -2.15. The highest BCUT2D eigenvalue weighted by Gasteiger charge is 2.20. The van der Waals surface area contributed by atoms with Gasteiger partial charge in [0.25, 0.3) is 0 Å². The highest BCUT2D eigenvalue weighted by molar-refractivity contribution is 8.00. The van der Waals surface area contributed by atoms with E-state index in [0.717, 1.165) is 5.76 Å². The van der Waals surface area contributed by atoms with Gasteiger partial charge in [-0.1, -0.05) is 11.8 Å². The Morgan fingerprint density at radius 2 is 2.13 bits per heavy atom. The summed E-state index contributed by atoms with van der Waals surface area (Å²) in [7, 11) is 0. The summed E-state index contributed by atoms with van der Waals surface area (Å²) in [6.45, 7) is 2.15. The molecule has 1 atom stereocenters. The lowest BCUT2D eigenvalue weighted by Gasteiger charge is -2.09. The molecule has 3 aromatic rings. The molecule has 0 radical (unpaired) electrons. The van der Waals surface area contributed by atoms with E-state index in [1.807, 2.05) is 6.07 Å². The Morgan fingerprint density at radius 1 is 1.35 bits per heavy atom. The SMILES string of the molecule is CC(Sc1nnnn1Cc1ccco1)C(=O)c1ccc(F)cc1. The summed E-state index contributed by atoms with van der Waals surface area (Å²) >= 11 is 1.25. The summed E-state index contributed by atoms with van der Waals surface area (Å²) in [5, 5.41) is 11.6. The standard InChI is InChI=1S/C15H13FN4O2S/c1-10(14(21)11-4-6-12(16)7-5-11)23-15-17-18-19-20(15)9-13-3-2-8-22-13/h2-8,10H,9H2,1H3. The van der Waals surface area contributed by atoms with Crippen LogP contribution in [-0.2, 0) is 6.54 Å². The minimum absolute atomic E-state index is 0.109. The topological polar surface area (TPSA) is 73.8 Å². The molecule has 1 unspecified atom stereocenters. The van der Waals surface area contributed by atoms with Crippen LogP contribution < -0.4 is 0 Å². The first-order valence-corrected chi connectivity index (χ1v) is 7.76. The number of hydrogen-bond acceptors (Lipinski definition) is 6. The highest BCUT2D eigenvalue weighted by atomic mass is 32.2. The van der Waals surface area contributed by atoms with Crippen molar-refractivity contribution >= 4 is 17.5 Å². The average Bonchev–Trinajstić information content (AvgIpc) is 3.20. The van der Waals surface area contributed by atoms with Crippen LogP contribution in [0.4, 0.5) is 4.39 Å². The van der Waals surface area contributed by atoms with Crippen molar-refractivity contribution in [1.29, 1.82) is 0 Å². The van der Waals surface area contributed by atoms with Crippen LogP contribution in [-0.4, -0.2) is 31.2 Å². The second-order valence-corrected chi connectivity index (χ2v) is 6.14. The van der Waals surface area contributed by atoms with Gasteiger partial charge in [0, 0.05) is 5.56 Å². The average molecular weight is 332 g/mol. The number of nitrogens with zero attached hydrogens (tertiary/aromatic N) is 4. The van der Waals surface area contributed by atoms with Gasteiger partial charge in [-0.25, -0.2) is 9.07 Å². The molecule has 0 N–H and O–H groups in total. The number of furan rings is 1. The van der Waals surface area contributed by atoms with Crippen LogP contribution >= 0.6 is 11.8 Å². The van der Waals surface area contributed by atoms with Gasteiger partial charge >= 0.3 is 0 Å². The number of halogens is 1. The van der Waals surface area contributed by atoms with Gasteiger partial charge in [-0.3, -0.25) is 4.79 Å². The maximum Gasteiger partial charge on any atom is 0.210 e. The van der Waals surface area contributed by atoms with E-state index in [-0.39, 0.29) is 11.6 Å². The molecule has 3 rings (SSSR count). The number of aromatic nitrogens is 4. The first-order valence-electron chi connectivity index (χ1n) is 6.88. The van der Waals surface area contributed by atoms with Gasteiger partial charge in [0.2, 0.25) is 5.16 Å². The predicted octanol–water partition coefficient (Wildman–Crippen LogP) is 2.82. The maximum absolute atomic E-state index is 12.9. The number of Topliss-reactive ketones (excluding diaryl/α,β-unsaturated/α-hetero) is 1. The van der Waals surface area contributed by atoms with Crippen LogP contribution in [0.15, 0.2) is 52.2 Å². The number of benzene rings is 1. The lowest BCUT2D eigenvalue weighted by atomic mass is 10.1. The first kappa shape index (κ1) is 15.4. The normalized spacial score (nSPS) is 12.3. The Balaban J connectivity index is 1.70. The third kappa shape index (κ3) is 3.65. The number of carbonyl (C=O) groups is 1. The molecule has 0 bridgehead atoms. The van der Waals surface area contributed by atoms with Crippen LogP contribution in [0.1, 0.15) is 23.0 Å². The summed E-state index contributed by atoms with van der Waals surface area (Å²) in [4.78, 5) is 12.4. The monoisotopic (exact) mass is 332 g/mol. The molecule has 0 aliphatic heterocycles. The van der Waals surface area contributed by atoms with E-state index in [2.05, 4.69) is 15.5 Å². The van der Waals surface area contributed by atoms with Gasteiger partial charge in [0.15, 0.2) is 5.78 Å². The maximum atomic E-state index is 12.9. The van der Waals surface area contributed by atoms with E-state index < -0.39 is 5.25 Å². The number of hydrogen-bond donors (Lipinski definition) is 0. The largest absolute Gasteiger partial charge is 0.467 e. The molecule has 6 nitrogen and oxygen atoms in total. The Kier molecular flexibility index (Phi) is 4.52. The van der Waals surface area contributed by atoms with E-state index in [9.17, 15) is 9.18 Å². The van der Waals surface area contributed by atoms with Crippen molar-refractivity contribution in [3.8, 4) is 0 Å². The summed E-state index contributed by atoms with van der Waals surface area (Å²) in [6, 6.07) is 9.09. The van der Waals surface area contributed by atoms with E-state index in [4.69, 9.17) is 4.42 Å². The molecule has 0 aliphatic rings. The molecule has 8 heteroatoms. The van der Waals surface area contributed by atoms with E-state index >= 15 is 0 Å². The molecule has 23 heavy (non-hydrogen) atoms. The van der Waals surface area contributed by atoms with Gasteiger partial charge in [-0.15, -0.1) is 5.10 Å². The molecule has 0 fully saturated rings. The molecule has 2 heterocycles. The fourth-order valence-electron chi connectivity index (χ4n) is 1.99. The molecule has 0 aliphatic carbocycles. The van der Waals surface area contributed by atoms with Gasteiger partial charge < -0.3 is 4.42 Å². The van der Waals surface area contributed by atoms with Crippen molar-refractivity contribution in [2.24, 2.45) is 0 Å². The fourth-order valence-corrected chi connectivity index (χ4v) is 2.86. The quantitative estimate of drug-likeness (QED) is 0.510. The van der Waals surface area contributed by atoms with Gasteiger partial charge in [-0.2, -0.15) is 0 Å². The molecular formula is C15H13FN4O2S. The molecular weight excluding hydrogens is 319 g/mol. The summed E-state index contributed by atoms with van der Waals surface area (Å²) in [5.74, 6) is 0.239. The van der Waals surface area contributed by atoms with Gasteiger partial charge in [-0.05, 0) is 53.7 Å². The Labute approximate surface area is 135 Å². The third-order valence-corrected chi connectivity index (χ3v) is 4.24. The second kappa shape index (κ2) is 6.74. The Morgan fingerprint density at radius 3 is 2.83 bits per heavy atom. The Hall–Kier alpha value is -2.48. The predicted molar refractivity (Wildman–Crippen MR) is 81.7 cm³/mol. The summed E-state index contributed by atoms with van der Waals surface area (Å²) < 4.78 is 19.8. The van der Waals surface area contributed by atoms with Crippen LogP contribution in [0, 0.1) is 5.82 Å². The lowest BCUT2D eigenvalue weighted by molar-refractivity contribution is 0.0994. The molecule has 0 saturated heterocycles. The van der Waals surface area contributed by atoms with Crippen molar-refractivity contribution in [2.75, 3.05) is 0 Å². The first-order chi connectivity index (χ1) is 11.1. The minimum atomic E-state index is -0.401. The van der Waals surface area contributed by atoms with Crippen molar-refractivity contribution < 1.29 is 13.6 Å². The zero-order valence-electron chi connectivity index (χ0n) is 12.2. The van der Waals surface area contributed by atoms with Crippen LogP contribution in [0.3, 0.4) is 0 Å². The molecule has 0 saturated carbocycles. The third-order valence-electron chi connectivity index (χ3n) is 3.16. The fraction of sp³-hybridized carbons (Fsp3) is 0.200. The van der Waals surface area contributed by atoms with Crippen molar-refractivity contribution in [1.82, 2.24) is 20.2 Å². The van der Waals surface area contributed by atoms with E-state index in [1.165, 1.54) is 36.0 Å². The van der Waals surface area contributed by atoms with Crippen molar-refractivity contribution in [3.05, 3.63) is 59.8 Å². The van der Waals surface area contributed by atoms with Crippen molar-refractivity contribution in [3.63, 3.8) is 0 Å². The van der Waals surface area contributed by atoms with Crippen LogP contribution in [0.5, 0.6) is 0 Å². The smallest absolute Gasteiger partial charge is 0.210 e. The van der Waals surface area contributed by atoms with Crippen molar-refractivity contribution in [2.45, 2.75) is 23.9 Å². The molecule has 0 amide bonds. The number of ketones is 1. The van der Waals surface area contributed by atoms with Crippen LogP contribution in [0.2, 0.25) is 0 Å². The van der Waals surface area contributed by atoms with Gasteiger partial charge in [0.05, 0.1) is 11.5 Å². The molecule has 0 spiro atoms. The zero-order valence-corrected chi connectivity index (χ0v) is 13.0. The zero-order chi connectivity index (χ0) is 16.2.